The van der Waals surface area contributed by atoms with Crippen LogP contribution in [-0.2, 0) is 6.54 Å². The van der Waals surface area contributed by atoms with Gasteiger partial charge in [-0.2, -0.15) is 0 Å². The predicted octanol–water partition coefficient (Wildman–Crippen LogP) is 2.55. The lowest BCUT2D eigenvalue weighted by atomic mass is 10.1. The first-order valence-electron chi connectivity index (χ1n) is 6.06. The molecule has 2 aromatic rings. The predicted molar refractivity (Wildman–Crippen MR) is 75.2 cm³/mol. The van der Waals surface area contributed by atoms with E-state index in [1.807, 2.05) is 6.07 Å². The number of nitrogens with one attached hydrogen (secondary N) is 1. The Labute approximate surface area is 116 Å². The van der Waals surface area contributed by atoms with Gasteiger partial charge < -0.3 is 15.8 Å². The van der Waals surface area contributed by atoms with Crippen LogP contribution in [0.3, 0.4) is 0 Å². The van der Waals surface area contributed by atoms with Crippen molar-refractivity contribution in [1.29, 1.82) is 0 Å². The third-order valence-corrected chi connectivity index (χ3v) is 2.86. The number of carbonyl (C=O) groups excluding carboxylic acids is 1. The first-order valence-corrected chi connectivity index (χ1v) is 6.06. The Morgan fingerprint density at radius 2 is 2.10 bits per heavy atom. The third kappa shape index (κ3) is 3.26. The second-order valence-corrected chi connectivity index (χ2v) is 4.27. The molecule has 0 unspecified atom stereocenters. The summed E-state index contributed by atoms with van der Waals surface area (Å²) in [6.07, 6.45) is 0. The first-order chi connectivity index (χ1) is 9.60. The molecule has 0 bridgehead atoms. The number of methoxy groups -OCH3 is 1. The van der Waals surface area contributed by atoms with Crippen molar-refractivity contribution in [2.75, 3.05) is 12.4 Å². The molecule has 20 heavy (non-hydrogen) atoms. The molecule has 5 heteroatoms. The van der Waals surface area contributed by atoms with E-state index in [2.05, 4.69) is 5.32 Å². The molecule has 1 amide bonds. The van der Waals surface area contributed by atoms with E-state index in [1.54, 1.807) is 30.3 Å². The van der Waals surface area contributed by atoms with Crippen molar-refractivity contribution >= 4 is 11.6 Å². The fourth-order valence-electron chi connectivity index (χ4n) is 1.82. The summed E-state index contributed by atoms with van der Waals surface area (Å²) >= 11 is 0. The zero-order valence-electron chi connectivity index (χ0n) is 11.0. The maximum absolute atomic E-state index is 13.5. The van der Waals surface area contributed by atoms with Crippen LogP contribution < -0.4 is 15.8 Å². The zero-order valence-corrected chi connectivity index (χ0v) is 11.0. The normalized spacial score (nSPS) is 10.1. The number of primary amides is 1. The molecule has 0 aliphatic heterocycles. The monoisotopic (exact) mass is 274 g/mol. The molecule has 0 heterocycles. The second kappa shape index (κ2) is 6.06. The number of anilines is 1. The summed E-state index contributed by atoms with van der Waals surface area (Å²) in [6.45, 7) is 0.465. The highest BCUT2D eigenvalue weighted by Crippen LogP contribution is 2.21. The molecule has 4 nitrogen and oxygen atoms in total. The van der Waals surface area contributed by atoms with Crippen LogP contribution in [0.2, 0.25) is 0 Å². The van der Waals surface area contributed by atoms with E-state index in [9.17, 15) is 9.18 Å². The van der Waals surface area contributed by atoms with Gasteiger partial charge in [-0.1, -0.05) is 12.1 Å². The topological polar surface area (TPSA) is 64.3 Å². The molecule has 2 aromatic carbocycles. The van der Waals surface area contributed by atoms with Crippen molar-refractivity contribution < 1.29 is 13.9 Å². The maximum atomic E-state index is 13.5. The molecular weight excluding hydrogens is 259 g/mol. The molecule has 0 aliphatic carbocycles. The first kappa shape index (κ1) is 13.9. The average Bonchev–Trinajstić information content (AvgIpc) is 2.45. The number of benzene rings is 2. The molecule has 0 fully saturated rings. The minimum Gasteiger partial charge on any atom is -0.494 e. The Balaban J connectivity index is 2.07. The quantitative estimate of drug-likeness (QED) is 0.880. The molecular formula is C15H15FN2O2. The van der Waals surface area contributed by atoms with Gasteiger partial charge in [-0.3, -0.25) is 4.79 Å². The lowest BCUT2D eigenvalue weighted by Gasteiger charge is -2.09. The Bertz CT molecular complexity index is 629. The lowest BCUT2D eigenvalue weighted by molar-refractivity contribution is 0.1000. The van der Waals surface area contributed by atoms with Gasteiger partial charge >= 0.3 is 0 Å². The van der Waals surface area contributed by atoms with Crippen molar-refractivity contribution in [1.82, 2.24) is 0 Å². The van der Waals surface area contributed by atoms with Gasteiger partial charge in [0.2, 0.25) is 5.91 Å². The summed E-state index contributed by atoms with van der Waals surface area (Å²) in [4.78, 5) is 11.1. The number of rotatable bonds is 5. The van der Waals surface area contributed by atoms with E-state index in [-0.39, 0.29) is 5.75 Å². The highest BCUT2D eigenvalue weighted by Gasteiger charge is 2.04. The molecule has 0 aromatic heterocycles. The van der Waals surface area contributed by atoms with Crippen molar-refractivity contribution in [2.45, 2.75) is 6.54 Å². The van der Waals surface area contributed by atoms with Crippen LogP contribution in [-0.4, -0.2) is 13.0 Å². The summed E-state index contributed by atoms with van der Waals surface area (Å²) in [5.41, 5.74) is 7.19. The van der Waals surface area contributed by atoms with Crippen molar-refractivity contribution in [3.05, 3.63) is 59.4 Å². The molecule has 0 atom stereocenters. The van der Waals surface area contributed by atoms with Crippen LogP contribution in [0.1, 0.15) is 15.9 Å². The molecule has 0 spiro atoms. The summed E-state index contributed by atoms with van der Waals surface area (Å²) < 4.78 is 18.4. The molecule has 0 saturated carbocycles. The van der Waals surface area contributed by atoms with Crippen molar-refractivity contribution in [2.24, 2.45) is 5.73 Å². The molecule has 104 valence electrons. The highest BCUT2D eigenvalue weighted by atomic mass is 19.1. The van der Waals surface area contributed by atoms with Crippen LogP contribution in [0.5, 0.6) is 5.75 Å². The van der Waals surface area contributed by atoms with E-state index in [1.165, 1.54) is 13.2 Å². The largest absolute Gasteiger partial charge is 0.494 e. The van der Waals surface area contributed by atoms with Crippen LogP contribution >= 0.6 is 0 Å². The van der Waals surface area contributed by atoms with Gasteiger partial charge in [0, 0.05) is 23.9 Å². The van der Waals surface area contributed by atoms with Gasteiger partial charge in [0.15, 0.2) is 11.6 Å². The van der Waals surface area contributed by atoms with Gasteiger partial charge in [0.25, 0.3) is 0 Å². The smallest absolute Gasteiger partial charge is 0.248 e. The highest BCUT2D eigenvalue weighted by molar-refractivity contribution is 5.92. The molecule has 0 aliphatic rings. The fraction of sp³-hybridized carbons (Fsp3) is 0.133. The van der Waals surface area contributed by atoms with Gasteiger partial charge in [0.05, 0.1) is 7.11 Å². The minimum atomic E-state index is -0.470. The van der Waals surface area contributed by atoms with Gasteiger partial charge in [-0.25, -0.2) is 4.39 Å². The minimum absolute atomic E-state index is 0.200. The van der Waals surface area contributed by atoms with E-state index in [0.29, 0.717) is 17.8 Å². The Morgan fingerprint density at radius 3 is 2.75 bits per heavy atom. The Hall–Kier alpha value is -2.56. The second-order valence-electron chi connectivity index (χ2n) is 4.27. The van der Waals surface area contributed by atoms with Crippen molar-refractivity contribution in [3.63, 3.8) is 0 Å². The average molecular weight is 274 g/mol. The number of hydrogen-bond acceptors (Lipinski definition) is 3. The van der Waals surface area contributed by atoms with Crippen LogP contribution in [0.4, 0.5) is 10.1 Å². The fourth-order valence-corrected chi connectivity index (χ4v) is 1.82. The summed E-state index contributed by atoms with van der Waals surface area (Å²) in [5.74, 6) is -0.697. The van der Waals surface area contributed by atoms with Crippen molar-refractivity contribution in [3.8, 4) is 5.75 Å². The summed E-state index contributed by atoms with van der Waals surface area (Å²) in [7, 11) is 1.42. The zero-order chi connectivity index (χ0) is 14.5. The van der Waals surface area contributed by atoms with E-state index in [4.69, 9.17) is 10.5 Å². The van der Waals surface area contributed by atoms with Gasteiger partial charge in [-0.05, 0) is 29.8 Å². The molecule has 0 saturated heterocycles. The van der Waals surface area contributed by atoms with Gasteiger partial charge in [-0.15, -0.1) is 0 Å². The number of hydrogen-bond donors (Lipinski definition) is 2. The van der Waals surface area contributed by atoms with E-state index >= 15 is 0 Å². The summed E-state index contributed by atoms with van der Waals surface area (Å²) in [6, 6.07) is 11.6. The number of amides is 1. The Morgan fingerprint density at radius 1 is 1.30 bits per heavy atom. The third-order valence-electron chi connectivity index (χ3n) is 2.86. The molecule has 0 radical (unpaired) electrons. The van der Waals surface area contributed by atoms with E-state index < -0.39 is 11.7 Å². The standard InChI is InChI=1S/C15H15FN2O2/c1-20-14-6-5-12(8-13(14)16)18-9-10-3-2-4-11(7-10)15(17)19/h2-8,18H,9H2,1H3,(H2,17,19). The molecule has 3 N–H and O–H groups in total. The molecule has 2 rings (SSSR count). The summed E-state index contributed by atoms with van der Waals surface area (Å²) in [5, 5.41) is 3.07. The number of carbonyl (C=O) groups is 1. The number of nitrogens with two attached hydrogens (primary N) is 1. The maximum Gasteiger partial charge on any atom is 0.248 e. The van der Waals surface area contributed by atoms with Gasteiger partial charge in [0.1, 0.15) is 0 Å². The Kier molecular flexibility index (Phi) is 4.20. The van der Waals surface area contributed by atoms with Crippen LogP contribution in [0.15, 0.2) is 42.5 Å². The van der Waals surface area contributed by atoms with E-state index in [0.717, 1.165) is 5.56 Å². The number of halogens is 1. The number of ether oxygens (including phenoxy) is 1. The lowest BCUT2D eigenvalue weighted by Crippen LogP contribution is -2.11. The van der Waals surface area contributed by atoms with Crippen LogP contribution in [0.25, 0.3) is 0 Å². The van der Waals surface area contributed by atoms with Crippen LogP contribution in [0, 0.1) is 5.82 Å². The SMILES string of the molecule is COc1ccc(NCc2cccc(C(N)=O)c2)cc1F.